The van der Waals surface area contributed by atoms with Gasteiger partial charge in [-0.1, -0.05) is 19.4 Å². The van der Waals surface area contributed by atoms with E-state index in [1.165, 1.54) is 6.42 Å². The molecule has 1 aromatic rings. The Morgan fingerprint density at radius 1 is 1.37 bits per heavy atom. The highest BCUT2D eigenvalue weighted by Crippen LogP contribution is 2.30. The van der Waals surface area contributed by atoms with Crippen molar-refractivity contribution in [2.24, 2.45) is 5.73 Å². The van der Waals surface area contributed by atoms with Crippen LogP contribution in [0.25, 0.3) is 0 Å². The van der Waals surface area contributed by atoms with Crippen molar-refractivity contribution in [1.29, 1.82) is 0 Å². The van der Waals surface area contributed by atoms with Crippen LogP contribution in [0.15, 0.2) is 18.2 Å². The Bertz CT molecular complexity index is 382. The molecule has 4 nitrogen and oxygen atoms in total. The molecule has 1 unspecified atom stereocenters. The summed E-state index contributed by atoms with van der Waals surface area (Å²) in [5.41, 5.74) is 6.98. The molecule has 1 atom stereocenters. The molecule has 0 aliphatic rings. The average molecular weight is 266 g/mol. The van der Waals surface area contributed by atoms with Gasteiger partial charge in [0.25, 0.3) is 0 Å². The second-order valence-electron chi connectivity index (χ2n) is 4.75. The van der Waals surface area contributed by atoms with E-state index in [0.29, 0.717) is 18.9 Å². The Morgan fingerprint density at radius 2 is 2.11 bits per heavy atom. The molecule has 108 valence electrons. The predicted octanol–water partition coefficient (Wildman–Crippen LogP) is 2.52. The van der Waals surface area contributed by atoms with Crippen LogP contribution >= 0.6 is 0 Å². The van der Waals surface area contributed by atoms with E-state index in [-0.39, 0.29) is 11.8 Å². The number of nitrogens with zero attached hydrogens (tertiary/aromatic N) is 1. The van der Waals surface area contributed by atoms with Gasteiger partial charge in [0.1, 0.15) is 0 Å². The topological polar surface area (TPSA) is 58.7 Å². The molecular weight excluding hydrogens is 240 g/mol. The second kappa shape index (κ2) is 8.02. The Kier molecular flexibility index (Phi) is 6.67. The molecule has 0 heterocycles. The lowest BCUT2D eigenvalue weighted by atomic mass is 10.0. The van der Waals surface area contributed by atoms with Crippen molar-refractivity contribution in [2.75, 3.05) is 26.7 Å². The molecule has 0 spiro atoms. The maximum atomic E-state index is 9.73. The van der Waals surface area contributed by atoms with Crippen LogP contribution < -0.4 is 10.5 Å². The van der Waals surface area contributed by atoms with Gasteiger partial charge in [-0.3, -0.25) is 4.90 Å². The highest BCUT2D eigenvalue weighted by atomic mass is 16.5. The van der Waals surface area contributed by atoms with Crippen molar-refractivity contribution in [3.05, 3.63) is 23.8 Å². The Hall–Kier alpha value is -1.26. The van der Waals surface area contributed by atoms with Gasteiger partial charge in [0, 0.05) is 12.6 Å². The van der Waals surface area contributed by atoms with E-state index in [1.807, 2.05) is 19.1 Å². The fourth-order valence-electron chi connectivity index (χ4n) is 2.14. The van der Waals surface area contributed by atoms with Gasteiger partial charge in [0.15, 0.2) is 11.5 Å². The maximum absolute atomic E-state index is 9.73. The molecule has 0 aliphatic carbocycles. The summed E-state index contributed by atoms with van der Waals surface area (Å²) >= 11 is 0. The van der Waals surface area contributed by atoms with Gasteiger partial charge in [-0.2, -0.15) is 0 Å². The SMILES string of the molecule is CCCCN(C)C(CN)c1ccc(O)c(OCC)c1. The van der Waals surface area contributed by atoms with E-state index >= 15 is 0 Å². The van der Waals surface area contributed by atoms with Crippen LogP contribution in [0, 0.1) is 0 Å². The van der Waals surface area contributed by atoms with Crippen molar-refractivity contribution in [3.8, 4) is 11.5 Å². The standard InChI is InChI=1S/C15H26N2O2/c1-4-6-9-17(3)13(11-16)12-7-8-14(18)15(10-12)19-5-2/h7-8,10,13,18H,4-6,9,11,16H2,1-3H3. The van der Waals surface area contributed by atoms with Gasteiger partial charge < -0.3 is 15.6 Å². The van der Waals surface area contributed by atoms with Gasteiger partial charge in [-0.25, -0.2) is 0 Å². The van der Waals surface area contributed by atoms with Crippen molar-refractivity contribution < 1.29 is 9.84 Å². The minimum atomic E-state index is 0.159. The summed E-state index contributed by atoms with van der Waals surface area (Å²) in [6.07, 6.45) is 2.32. The third-order valence-electron chi connectivity index (χ3n) is 3.29. The summed E-state index contributed by atoms with van der Waals surface area (Å²) in [6, 6.07) is 5.64. The van der Waals surface area contributed by atoms with Gasteiger partial charge in [-0.05, 0) is 44.6 Å². The molecule has 0 amide bonds. The molecular formula is C15H26N2O2. The minimum absolute atomic E-state index is 0.159. The first-order valence-corrected chi connectivity index (χ1v) is 7.00. The molecule has 0 radical (unpaired) electrons. The highest BCUT2D eigenvalue weighted by molar-refractivity contribution is 5.42. The lowest BCUT2D eigenvalue weighted by Crippen LogP contribution is -2.31. The summed E-state index contributed by atoms with van der Waals surface area (Å²) in [5, 5.41) is 9.73. The first kappa shape index (κ1) is 15.8. The van der Waals surface area contributed by atoms with Crippen LogP contribution in [-0.2, 0) is 0 Å². The number of hydrogen-bond acceptors (Lipinski definition) is 4. The number of likely N-dealkylation sites (N-methyl/N-ethyl adjacent to an activating group) is 1. The molecule has 1 aromatic carbocycles. The van der Waals surface area contributed by atoms with E-state index < -0.39 is 0 Å². The first-order valence-electron chi connectivity index (χ1n) is 7.00. The summed E-state index contributed by atoms with van der Waals surface area (Å²) in [7, 11) is 2.08. The van der Waals surface area contributed by atoms with Gasteiger partial charge >= 0.3 is 0 Å². The fraction of sp³-hybridized carbons (Fsp3) is 0.600. The van der Waals surface area contributed by atoms with Crippen LogP contribution in [0.4, 0.5) is 0 Å². The second-order valence-corrected chi connectivity index (χ2v) is 4.75. The zero-order chi connectivity index (χ0) is 14.3. The fourth-order valence-corrected chi connectivity index (χ4v) is 2.14. The maximum Gasteiger partial charge on any atom is 0.161 e. The van der Waals surface area contributed by atoms with Crippen molar-refractivity contribution >= 4 is 0 Å². The monoisotopic (exact) mass is 266 g/mol. The molecule has 0 fully saturated rings. The average Bonchev–Trinajstić information content (AvgIpc) is 2.41. The van der Waals surface area contributed by atoms with Gasteiger partial charge in [0.2, 0.25) is 0 Å². The molecule has 0 aliphatic heterocycles. The van der Waals surface area contributed by atoms with E-state index in [4.69, 9.17) is 10.5 Å². The van der Waals surface area contributed by atoms with Crippen molar-refractivity contribution in [2.45, 2.75) is 32.7 Å². The smallest absolute Gasteiger partial charge is 0.161 e. The van der Waals surface area contributed by atoms with E-state index in [0.717, 1.165) is 18.5 Å². The summed E-state index contributed by atoms with van der Waals surface area (Å²) in [6.45, 7) is 6.19. The predicted molar refractivity (Wildman–Crippen MR) is 78.6 cm³/mol. The Labute approximate surface area is 116 Å². The molecule has 0 bridgehead atoms. The normalized spacial score (nSPS) is 12.7. The zero-order valence-corrected chi connectivity index (χ0v) is 12.2. The number of nitrogens with two attached hydrogens (primary N) is 1. The van der Waals surface area contributed by atoms with Crippen LogP contribution in [0.5, 0.6) is 11.5 Å². The molecule has 19 heavy (non-hydrogen) atoms. The van der Waals surface area contributed by atoms with Gasteiger partial charge in [-0.15, -0.1) is 0 Å². The number of hydrogen-bond donors (Lipinski definition) is 2. The number of aromatic hydroxyl groups is 1. The lowest BCUT2D eigenvalue weighted by Gasteiger charge is -2.27. The van der Waals surface area contributed by atoms with E-state index in [1.54, 1.807) is 6.07 Å². The number of ether oxygens (including phenoxy) is 1. The van der Waals surface area contributed by atoms with Crippen LogP contribution in [0.2, 0.25) is 0 Å². The largest absolute Gasteiger partial charge is 0.504 e. The van der Waals surface area contributed by atoms with Crippen molar-refractivity contribution in [3.63, 3.8) is 0 Å². The third-order valence-corrected chi connectivity index (χ3v) is 3.29. The zero-order valence-electron chi connectivity index (χ0n) is 12.2. The number of benzene rings is 1. The molecule has 3 N–H and O–H groups in total. The number of phenols is 1. The number of rotatable bonds is 8. The van der Waals surface area contributed by atoms with Gasteiger partial charge in [0.05, 0.1) is 6.61 Å². The summed E-state index contributed by atoms with van der Waals surface area (Å²) in [5.74, 6) is 0.708. The van der Waals surface area contributed by atoms with Crippen molar-refractivity contribution in [1.82, 2.24) is 4.90 Å². The highest BCUT2D eigenvalue weighted by Gasteiger charge is 2.16. The minimum Gasteiger partial charge on any atom is -0.504 e. The van der Waals surface area contributed by atoms with Crippen LogP contribution in [0.3, 0.4) is 0 Å². The number of unbranched alkanes of at least 4 members (excludes halogenated alkanes) is 1. The lowest BCUT2D eigenvalue weighted by molar-refractivity contribution is 0.245. The Morgan fingerprint density at radius 3 is 2.68 bits per heavy atom. The van der Waals surface area contributed by atoms with E-state index in [9.17, 15) is 5.11 Å². The number of phenolic OH excluding ortho intramolecular Hbond substituents is 1. The third kappa shape index (κ3) is 4.40. The summed E-state index contributed by atoms with van der Waals surface area (Å²) in [4.78, 5) is 2.26. The summed E-state index contributed by atoms with van der Waals surface area (Å²) < 4.78 is 5.42. The molecule has 0 aromatic heterocycles. The quantitative estimate of drug-likeness (QED) is 0.759. The molecule has 0 saturated heterocycles. The van der Waals surface area contributed by atoms with E-state index in [2.05, 4.69) is 18.9 Å². The van der Waals surface area contributed by atoms with Crippen LogP contribution in [-0.4, -0.2) is 36.8 Å². The molecule has 0 saturated carbocycles. The molecule has 1 rings (SSSR count). The van der Waals surface area contributed by atoms with Crippen LogP contribution in [0.1, 0.15) is 38.3 Å². The Balaban J connectivity index is 2.88. The first-order chi connectivity index (χ1) is 9.13. The molecule has 4 heteroatoms.